The van der Waals surface area contributed by atoms with Crippen molar-refractivity contribution in [2.24, 2.45) is 5.92 Å². The first kappa shape index (κ1) is 15.8. The predicted molar refractivity (Wildman–Crippen MR) is 76.0 cm³/mol. The van der Waals surface area contributed by atoms with Crippen molar-refractivity contribution in [1.82, 2.24) is 5.32 Å². The van der Waals surface area contributed by atoms with E-state index >= 15 is 0 Å². The van der Waals surface area contributed by atoms with Crippen LogP contribution in [0.25, 0.3) is 0 Å². The second kappa shape index (κ2) is 7.37. The first-order valence-corrected chi connectivity index (χ1v) is 6.42. The quantitative estimate of drug-likeness (QED) is 0.746. The van der Waals surface area contributed by atoms with Gasteiger partial charge in [-0.05, 0) is 18.1 Å². The zero-order valence-electron chi connectivity index (χ0n) is 11.8. The molecule has 0 saturated carbocycles. The Morgan fingerprint density at radius 1 is 1.40 bits per heavy atom. The van der Waals surface area contributed by atoms with Gasteiger partial charge in [-0.2, -0.15) is 0 Å². The van der Waals surface area contributed by atoms with E-state index < -0.39 is 18.0 Å². The molecule has 3 N–H and O–H groups in total. The van der Waals surface area contributed by atoms with E-state index in [2.05, 4.69) is 10.6 Å². The minimum absolute atomic E-state index is 0.149. The van der Waals surface area contributed by atoms with E-state index in [0.717, 1.165) is 0 Å². The van der Waals surface area contributed by atoms with Crippen LogP contribution in [0.2, 0.25) is 0 Å². The lowest BCUT2D eigenvalue weighted by Gasteiger charge is -2.20. The van der Waals surface area contributed by atoms with E-state index in [4.69, 9.17) is 9.84 Å². The summed E-state index contributed by atoms with van der Waals surface area (Å²) in [4.78, 5) is 22.9. The van der Waals surface area contributed by atoms with Crippen molar-refractivity contribution in [2.45, 2.75) is 26.3 Å². The number of carboxylic acids is 1. The van der Waals surface area contributed by atoms with Crippen molar-refractivity contribution in [3.63, 3.8) is 0 Å². The molecule has 0 unspecified atom stereocenters. The van der Waals surface area contributed by atoms with Crippen molar-refractivity contribution in [3.05, 3.63) is 24.3 Å². The molecule has 0 heterocycles. The van der Waals surface area contributed by atoms with Crippen molar-refractivity contribution < 1.29 is 19.4 Å². The van der Waals surface area contributed by atoms with Gasteiger partial charge in [-0.1, -0.05) is 26.3 Å². The fraction of sp³-hybridized carbons (Fsp3) is 0.429. The van der Waals surface area contributed by atoms with Gasteiger partial charge in [0.1, 0.15) is 11.8 Å². The summed E-state index contributed by atoms with van der Waals surface area (Å²) in [6.45, 7) is 3.66. The zero-order chi connectivity index (χ0) is 15.1. The third-order valence-electron chi connectivity index (χ3n) is 3.09. The minimum atomic E-state index is -1.04. The number of amides is 2. The molecule has 0 aliphatic carbocycles. The summed E-state index contributed by atoms with van der Waals surface area (Å²) >= 11 is 0. The molecule has 2 amide bonds. The van der Waals surface area contributed by atoms with Gasteiger partial charge >= 0.3 is 12.0 Å². The molecule has 0 aliphatic rings. The number of carboxylic acid groups (broad SMARTS) is 1. The highest BCUT2D eigenvalue weighted by molar-refractivity contribution is 5.92. The van der Waals surface area contributed by atoms with Gasteiger partial charge in [-0.3, -0.25) is 0 Å². The van der Waals surface area contributed by atoms with Crippen LogP contribution in [-0.4, -0.2) is 30.3 Å². The van der Waals surface area contributed by atoms with Gasteiger partial charge in [0.15, 0.2) is 0 Å². The van der Waals surface area contributed by atoms with Gasteiger partial charge in [0.05, 0.1) is 7.11 Å². The lowest BCUT2D eigenvalue weighted by Crippen LogP contribution is -2.46. The van der Waals surface area contributed by atoms with Crippen LogP contribution in [0, 0.1) is 5.92 Å². The molecule has 0 aliphatic heterocycles. The first-order chi connectivity index (χ1) is 9.47. The SMILES string of the molecule is CC[C@H](C)[C@H](NC(=O)Nc1cccc(OC)c1)C(=O)O. The summed E-state index contributed by atoms with van der Waals surface area (Å²) in [6, 6.07) is 5.37. The summed E-state index contributed by atoms with van der Waals surface area (Å²) < 4.78 is 5.05. The molecular weight excluding hydrogens is 260 g/mol. The average Bonchev–Trinajstić information content (AvgIpc) is 2.43. The Bertz CT molecular complexity index is 476. The van der Waals surface area contributed by atoms with Crippen molar-refractivity contribution in [2.75, 3.05) is 12.4 Å². The van der Waals surface area contributed by atoms with Crippen LogP contribution in [0.5, 0.6) is 5.75 Å². The molecular formula is C14H20N2O4. The van der Waals surface area contributed by atoms with E-state index in [-0.39, 0.29) is 5.92 Å². The molecule has 6 heteroatoms. The molecule has 6 nitrogen and oxygen atoms in total. The van der Waals surface area contributed by atoms with Crippen LogP contribution < -0.4 is 15.4 Å². The second-order valence-corrected chi connectivity index (χ2v) is 4.53. The summed E-state index contributed by atoms with van der Waals surface area (Å²) in [6.07, 6.45) is 0.663. The van der Waals surface area contributed by atoms with Gasteiger partial charge in [0.2, 0.25) is 0 Å². The third kappa shape index (κ3) is 4.46. The number of nitrogens with one attached hydrogen (secondary N) is 2. The number of anilines is 1. The van der Waals surface area contributed by atoms with Crippen molar-refractivity contribution >= 4 is 17.7 Å². The molecule has 0 fully saturated rings. The summed E-state index contributed by atoms with van der Waals surface area (Å²) in [5, 5.41) is 14.2. The molecule has 110 valence electrons. The number of aliphatic carboxylic acids is 1. The maximum Gasteiger partial charge on any atom is 0.326 e. The molecule has 0 saturated heterocycles. The van der Waals surface area contributed by atoms with E-state index in [9.17, 15) is 9.59 Å². The van der Waals surface area contributed by atoms with E-state index in [1.807, 2.05) is 6.92 Å². The normalized spacial score (nSPS) is 13.2. The second-order valence-electron chi connectivity index (χ2n) is 4.53. The van der Waals surface area contributed by atoms with Gasteiger partial charge in [0, 0.05) is 11.8 Å². The Labute approximate surface area is 118 Å². The Balaban J connectivity index is 2.68. The molecule has 0 radical (unpaired) electrons. The van der Waals surface area contributed by atoms with Gasteiger partial charge in [-0.25, -0.2) is 9.59 Å². The lowest BCUT2D eigenvalue weighted by molar-refractivity contribution is -0.140. The van der Waals surface area contributed by atoms with Crippen molar-refractivity contribution in [1.29, 1.82) is 0 Å². The molecule has 20 heavy (non-hydrogen) atoms. The number of carbonyl (C=O) groups is 2. The molecule has 1 aromatic carbocycles. The summed E-state index contributed by atoms with van der Waals surface area (Å²) in [5.74, 6) is -0.580. The van der Waals surface area contributed by atoms with Crippen LogP contribution in [0.15, 0.2) is 24.3 Å². The van der Waals surface area contributed by atoms with E-state index in [0.29, 0.717) is 17.9 Å². The molecule has 2 atom stereocenters. The highest BCUT2D eigenvalue weighted by atomic mass is 16.5. The van der Waals surface area contributed by atoms with Crippen LogP contribution in [0.3, 0.4) is 0 Å². The number of methoxy groups -OCH3 is 1. The number of rotatable bonds is 6. The molecule has 1 rings (SSSR count). The zero-order valence-corrected chi connectivity index (χ0v) is 11.8. The minimum Gasteiger partial charge on any atom is -0.497 e. The van der Waals surface area contributed by atoms with E-state index in [1.54, 1.807) is 31.2 Å². The summed E-state index contributed by atoms with van der Waals surface area (Å²) in [7, 11) is 1.53. The van der Waals surface area contributed by atoms with Crippen LogP contribution in [0.1, 0.15) is 20.3 Å². The average molecular weight is 280 g/mol. The van der Waals surface area contributed by atoms with Crippen LogP contribution in [-0.2, 0) is 4.79 Å². The lowest BCUT2D eigenvalue weighted by atomic mass is 9.99. The monoisotopic (exact) mass is 280 g/mol. The number of carbonyl (C=O) groups excluding carboxylic acids is 1. The maximum atomic E-state index is 11.8. The largest absolute Gasteiger partial charge is 0.497 e. The Kier molecular flexibility index (Phi) is 5.83. The molecule has 0 spiro atoms. The molecule has 0 aromatic heterocycles. The number of ether oxygens (including phenoxy) is 1. The number of hydrogen-bond donors (Lipinski definition) is 3. The number of hydrogen-bond acceptors (Lipinski definition) is 3. The van der Waals surface area contributed by atoms with Crippen molar-refractivity contribution in [3.8, 4) is 5.75 Å². The van der Waals surface area contributed by atoms with Crippen LogP contribution >= 0.6 is 0 Å². The van der Waals surface area contributed by atoms with Gasteiger partial charge in [0.25, 0.3) is 0 Å². The maximum absolute atomic E-state index is 11.8. The first-order valence-electron chi connectivity index (χ1n) is 6.42. The standard InChI is InChI=1S/C14H20N2O4/c1-4-9(2)12(13(17)18)16-14(19)15-10-6-5-7-11(8-10)20-3/h5-9,12H,4H2,1-3H3,(H,17,18)(H2,15,16,19)/t9-,12-/m0/s1. The fourth-order valence-electron chi connectivity index (χ4n) is 1.69. The Morgan fingerprint density at radius 2 is 2.10 bits per heavy atom. The fourth-order valence-corrected chi connectivity index (χ4v) is 1.69. The highest BCUT2D eigenvalue weighted by Crippen LogP contribution is 2.16. The topological polar surface area (TPSA) is 87.7 Å². The van der Waals surface area contributed by atoms with Crippen LogP contribution in [0.4, 0.5) is 10.5 Å². The third-order valence-corrected chi connectivity index (χ3v) is 3.09. The summed E-state index contributed by atoms with van der Waals surface area (Å²) in [5.41, 5.74) is 0.537. The van der Waals surface area contributed by atoms with Gasteiger partial charge < -0.3 is 20.5 Å². The number of urea groups is 1. The highest BCUT2D eigenvalue weighted by Gasteiger charge is 2.25. The predicted octanol–water partition coefficient (Wildman–Crippen LogP) is 2.32. The Morgan fingerprint density at radius 3 is 2.65 bits per heavy atom. The smallest absolute Gasteiger partial charge is 0.326 e. The van der Waals surface area contributed by atoms with Gasteiger partial charge in [-0.15, -0.1) is 0 Å². The molecule has 1 aromatic rings. The van der Waals surface area contributed by atoms with E-state index in [1.165, 1.54) is 7.11 Å². The number of benzene rings is 1. The molecule has 0 bridgehead atoms. The Hall–Kier alpha value is -2.24.